The summed E-state index contributed by atoms with van der Waals surface area (Å²) in [5.74, 6) is -0.316. The Morgan fingerprint density at radius 1 is 1.21 bits per heavy atom. The lowest BCUT2D eigenvalue weighted by Crippen LogP contribution is -2.60. The summed E-state index contributed by atoms with van der Waals surface area (Å²) in [6.45, 7) is 4.83. The average Bonchev–Trinajstić information content (AvgIpc) is 2.51. The molecule has 1 amide bonds. The fraction of sp³-hybridized carbons (Fsp3) is 0.588. The van der Waals surface area contributed by atoms with Crippen molar-refractivity contribution in [2.45, 2.75) is 18.6 Å². The Morgan fingerprint density at radius 2 is 1.88 bits per heavy atom. The van der Waals surface area contributed by atoms with E-state index < -0.39 is 0 Å². The second-order valence-electron chi connectivity index (χ2n) is 6.43. The highest BCUT2D eigenvalue weighted by Gasteiger charge is 2.34. The second-order valence-corrected chi connectivity index (χ2v) is 6.43. The van der Waals surface area contributed by atoms with Gasteiger partial charge in [-0.05, 0) is 18.6 Å². The van der Waals surface area contributed by atoms with Crippen molar-refractivity contribution in [2.75, 3.05) is 45.9 Å². The molecule has 24 heavy (non-hydrogen) atoms. The smallest absolute Gasteiger partial charge is 0.231 e. The number of nitrogens with two attached hydrogens (primary N) is 1. The summed E-state index contributed by atoms with van der Waals surface area (Å²) in [6, 6.07) is 6.45. The van der Waals surface area contributed by atoms with E-state index in [0.29, 0.717) is 18.9 Å². The molecule has 2 atom stereocenters. The van der Waals surface area contributed by atoms with Crippen LogP contribution in [0.3, 0.4) is 0 Å². The van der Waals surface area contributed by atoms with E-state index in [0.717, 1.165) is 39.1 Å². The molecule has 2 bridgehead atoms. The Balaban J connectivity index is 1.39. The van der Waals surface area contributed by atoms with Gasteiger partial charge in [-0.3, -0.25) is 14.6 Å². The number of hydrogen-bond acceptors (Lipinski definition) is 5. The predicted molar refractivity (Wildman–Crippen MR) is 87.2 cm³/mol. The van der Waals surface area contributed by atoms with Gasteiger partial charge in [-0.15, -0.1) is 0 Å². The van der Waals surface area contributed by atoms with Crippen molar-refractivity contribution in [3.8, 4) is 5.75 Å². The molecular weight excluding hydrogens is 313 g/mol. The first kappa shape index (κ1) is 17.1. The first-order valence-electron chi connectivity index (χ1n) is 8.36. The fourth-order valence-electron chi connectivity index (χ4n) is 3.42. The van der Waals surface area contributed by atoms with E-state index >= 15 is 0 Å². The Bertz CT molecular complexity index is 558. The number of hydrogen-bond donors (Lipinski definition) is 1. The number of carbonyl (C=O) groups excluding carboxylic acids is 1. The molecular formula is C17H24FN3O3. The van der Waals surface area contributed by atoms with Crippen LogP contribution >= 0.6 is 0 Å². The van der Waals surface area contributed by atoms with Crippen molar-refractivity contribution in [3.63, 3.8) is 0 Å². The molecule has 0 aromatic heterocycles. The number of primary amides is 1. The van der Waals surface area contributed by atoms with Crippen LogP contribution in [-0.4, -0.2) is 73.8 Å². The SMILES string of the molecule is NC(=O)CN1CC2CN(CCCOc3ccccc3F)CC(C1)O2. The van der Waals surface area contributed by atoms with E-state index in [-0.39, 0.29) is 23.9 Å². The topological polar surface area (TPSA) is 68.0 Å². The molecule has 2 aliphatic heterocycles. The van der Waals surface area contributed by atoms with Gasteiger partial charge in [0.1, 0.15) is 0 Å². The molecule has 1 aromatic carbocycles. The quantitative estimate of drug-likeness (QED) is 0.733. The summed E-state index contributed by atoms with van der Waals surface area (Å²) in [5.41, 5.74) is 5.27. The molecule has 2 unspecified atom stereocenters. The van der Waals surface area contributed by atoms with Crippen LogP contribution in [0.5, 0.6) is 5.75 Å². The molecule has 132 valence electrons. The number of amides is 1. The number of ether oxygens (including phenoxy) is 2. The number of morpholine rings is 2. The molecule has 2 N–H and O–H groups in total. The Morgan fingerprint density at radius 3 is 2.54 bits per heavy atom. The number of nitrogens with zero attached hydrogens (tertiary/aromatic N) is 2. The van der Waals surface area contributed by atoms with Crippen LogP contribution in [0.1, 0.15) is 6.42 Å². The van der Waals surface area contributed by atoms with E-state index in [2.05, 4.69) is 9.80 Å². The third kappa shape index (κ3) is 4.66. The summed E-state index contributed by atoms with van der Waals surface area (Å²) in [5, 5.41) is 0. The normalized spacial score (nSPS) is 24.7. The highest BCUT2D eigenvalue weighted by Crippen LogP contribution is 2.19. The molecule has 1 aromatic rings. The minimum Gasteiger partial charge on any atom is -0.490 e. The van der Waals surface area contributed by atoms with Crippen molar-refractivity contribution >= 4 is 5.91 Å². The number of fused-ring (bicyclic) bond motifs is 2. The fourth-order valence-corrected chi connectivity index (χ4v) is 3.42. The average molecular weight is 337 g/mol. The summed E-state index contributed by atoms with van der Waals surface area (Å²) in [7, 11) is 0. The van der Waals surface area contributed by atoms with Gasteiger partial charge in [-0.25, -0.2) is 4.39 Å². The van der Waals surface area contributed by atoms with Crippen LogP contribution in [0, 0.1) is 5.82 Å². The van der Waals surface area contributed by atoms with Crippen molar-refractivity contribution in [3.05, 3.63) is 30.1 Å². The highest BCUT2D eigenvalue weighted by atomic mass is 19.1. The van der Waals surface area contributed by atoms with E-state index in [1.54, 1.807) is 18.2 Å². The molecule has 2 heterocycles. The van der Waals surface area contributed by atoms with Gasteiger partial charge in [-0.2, -0.15) is 0 Å². The summed E-state index contributed by atoms with van der Waals surface area (Å²) < 4.78 is 24.9. The minimum absolute atomic E-state index is 0.115. The van der Waals surface area contributed by atoms with Gasteiger partial charge >= 0.3 is 0 Å². The van der Waals surface area contributed by atoms with E-state index in [4.69, 9.17) is 15.2 Å². The van der Waals surface area contributed by atoms with Gasteiger partial charge in [0, 0.05) is 32.7 Å². The van der Waals surface area contributed by atoms with E-state index in [9.17, 15) is 9.18 Å². The van der Waals surface area contributed by atoms with Gasteiger partial charge < -0.3 is 15.2 Å². The van der Waals surface area contributed by atoms with Gasteiger partial charge in [0.15, 0.2) is 11.6 Å². The molecule has 0 saturated carbocycles. The zero-order valence-corrected chi connectivity index (χ0v) is 13.7. The Hall–Kier alpha value is -1.70. The van der Waals surface area contributed by atoms with Gasteiger partial charge in [0.2, 0.25) is 5.91 Å². The van der Waals surface area contributed by atoms with Gasteiger partial charge in [0.05, 0.1) is 25.4 Å². The monoisotopic (exact) mass is 337 g/mol. The molecule has 6 nitrogen and oxygen atoms in total. The standard InChI is InChI=1S/C17H24FN3O3/c18-15-4-1-2-5-16(15)23-7-3-6-20-8-13-10-21(12-17(19)22)11-14(9-20)24-13/h1-2,4-5,13-14H,3,6-12H2,(H2,19,22). The molecule has 2 saturated heterocycles. The number of halogens is 1. The summed E-state index contributed by atoms with van der Waals surface area (Å²) in [4.78, 5) is 15.5. The summed E-state index contributed by atoms with van der Waals surface area (Å²) in [6.07, 6.45) is 1.06. The van der Waals surface area contributed by atoms with Crippen LogP contribution in [0.4, 0.5) is 4.39 Å². The molecule has 0 radical (unpaired) electrons. The van der Waals surface area contributed by atoms with Crippen LogP contribution in [0.2, 0.25) is 0 Å². The number of para-hydroxylation sites is 1. The molecule has 0 aliphatic carbocycles. The number of carbonyl (C=O) groups is 1. The maximum absolute atomic E-state index is 13.5. The number of rotatable bonds is 7. The van der Waals surface area contributed by atoms with Crippen molar-refractivity contribution < 1.29 is 18.7 Å². The largest absolute Gasteiger partial charge is 0.490 e. The van der Waals surface area contributed by atoms with Crippen LogP contribution < -0.4 is 10.5 Å². The van der Waals surface area contributed by atoms with Crippen molar-refractivity contribution in [2.24, 2.45) is 5.73 Å². The second kappa shape index (κ2) is 7.92. The van der Waals surface area contributed by atoms with Crippen LogP contribution in [0.15, 0.2) is 24.3 Å². The zero-order valence-electron chi connectivity index (χ0n) is 13.7. The Kier molecular flexibility index (Phi) is 5.65. The van der Waals surface area contributed by atoms with E-state index in [1.807, 2.05) is 0 Å². The summed E-state index contributed by atoms with van der Waals surface area (Å²) >= 11 is 0. The third-order valence-electron chi connectivity index (χ3n) is 4.32. The Labute approximate surface area is 141 Å². The highest BCUT2D eigenvalue weighted by molar-refractivity contribution is 5.75. The predicted octanol–water partition coefficient (Wildman–Crippen LogP) is 0.465. The maximum Gasteiger partial charge on any atom is 0.231 e. The molecule has 2 fully saturated rings. The molecule has 7 heteroatoms. The van der Waals surface area contributed by atoms with Gasteiger partial charge in [-0.1, -0.05) is 12.1 Å². The maximum atomic E-state index is 13.5. The molecule has 2 aliphatic rings. The van der Waals surface area contributed by atoms with E-state index in [1.165, 1.54) is 6.07 Å². The van der Waals surface area contributed by atoms with Crippen molar-refractivity contribution in [1.29, 1.82) is 0 Å². The molecule has 0 spiro atoms. The number of benzene rings is 1. The lowest BCUT2D eigenvalue weighted by Gasteiger charge is -2.45. The van der Waals surface area contributed by atoms with Gasteiger partial charge in [0.25, 0.3) is 0 Å². The molecule has 3 rings (SSSR count). The minimum atomic E-state index is -0.326. The zero-order chi connectivity index (χ0) is 16.9. The third-order valence-corrected chi connectivity index (χ3v) is 4.32. The van der Waals surface area contributed by atoms with Crippen molar-refractivity contribution in [1.82, 2.24) is 9.80 Å². The van der Waals surface area contributed by atoms with Crippen LogP contribution in [-0.2, 0) is 9.53 Å². The van der Waals surface area contributed by atoms with Crippen LogP contribution in [0.25, 0.3) is 0 Å². The lowest BCUT2D eigenvalue weighted by molar-refractivity contribution is -0.144. The lowest BCUT2D eigenvalue weighted by atomic mass is 10.1. The first-order valence-corrected chi connectivity index (χ1v) is 8.36. The first-order chi connectivity index (χ1) is 11.6.